The molecule has 0 unspecified atom stereocenters. The van der Waals surface area contributed by atoms with Crippen molar-refractivity contribution in [3.63, 3.8) is 0 Å². The van der Waals surface area contributed by atoms with Gasteiger partial charge in [-0.3, -0.25) is 0 Å². The second-order valence-corrected chi connectivity index (χ2v) is 7.74. The monoisotopic (exact) mass is 369 g/mol. The normalized spacial score (nSPS) is 25.2. The van der Waals surface area contributed by atoms with Crippen LogP contribution in [0.1, 0.15) is 50.0 Å². The summed E-state index contributed by atoms with van der Waals surface area (Å²) >= 11 is 0. The Bertz CT molecular complexity index is 801. The molecule has 3 aliphatic rings. The van der Waals surface area contributed by atoms with Gasteiger partial charge in [0.25, 0.3) is 0 Å². The van der Waals surface area contributed by atoms with Crippen LogP contribution >= 0.6 is 0 Å². The molecule has 2 atom stereocenters. The zero-order chi connectivity index (χ0) is 18.2. The van der Waals surface area contributed by atoms with Gasteiger partial charge < -0.3 is 14.5 Å². The first kappa shape index (κ1) is 16.9. The molecule has 8 nitrogen and oxygen atoms in total. The topological polar surface area (TPSA) is 72.2 Å². The molecule has 0 aliphatic carbocycles. The third kappa shape index (κ3) is 3.16. The van der Waals surface area contributed by atoms with Crippen molar-refractivity contribution >= 4 is 11.8 Å². The summed E-state index contributed by atoms with van der Waals surface area (Å²) < 4.78 is 8.10. The van der Waals surface area contributed by atoms with Crippen molar-refractivity contribution in [3.8, 4) is 0 Å². The van der Waals surface area contributed by atoms with E-state index in [1.54, 1.807) is 0 Å². The predicted octanol–water partition coefficient (Wildman–Crippen LogP) is 1.97. The van der Waals surface area contributed by atoms with Gasteiger partial charge in [-0.15, -0.1) is 5.10 Å². The van der Waals surface area contributed by atoms with Crippen molar-refractivity contribution in [3.05, 3.63) is 23.7 Å². The van der Waals surface area contributed by atoms with E-state index in [0.29, 0.717) is 6.61 Å². The molecular formula is C19H27N7O. The highest BCUT2D eigenvalue weighted by molar-refractivity contribution is 5.47. The van der Waals surface area contributed by atoms with Crippen LogP contribution in [0.5, 0.6) is 0 Å². The molecule has 0 spiro atoms. The number of aryl methyl sites for hydroxylation is 1. The van der Waals surface area contributed by atoms with Gasteiger partial charge in [0, 0.05) is 37.9 Å². The minimum atomic E-state index is 0.198. The fraction of sp³-hybridized carbons (Fsp3) is 0.684. The van der Waals surface area contributed by atoms with Gasteiger partial charge in [-0.05, 0) is 32.1 Å². The molecule has 5 rings (SSSR count). The van der Waals surface area contributed by atoms with Crippen LogP contribution in [0.4, 0.5) is 11.8 Å². The summed E-state index contributed by atoms with van der Waals surface area (Å²) in [5.74, 6) is 1.93. The smallest absolute Gasteiger partial charge is 0.227 e. The number of hydrogen-bond donors (Lipinski definition) is 0. The van der Waals surface area contributed by atoms with Gasteiger partial charge in [0.2, 0.25) is 5.95 Å². The Morgan fingerprint density at radius 3 is 2.85 bits per heavy atom. The summed E-state index contributed by atoms with van der Waals surface area (Å²) in [5, 5.41) is 8.39. The molecule has 5 heterocycles. The average Bonchev–Trinajstić information content (AvgIpc) is 3.23. The molecule has 2 saturated heterocycles. The number of aromatic nitrogens is 5. The summed E-state index contributed by atoms with van der Waals surface area (Å²) in [7, 11) is 0. The number of fused-ring (bicyclic) bond motifs is 3. The van der Waals surface area contributed by atoms with Gasteiger partial charge >= 0.3 is 0 Å². The van der Waals surface area contributed by atoms with Crippen LogP contribution in [0.2, 0.25) is 0 Å². The molecule has 2 aromatic rings. The van der Waals surface area contributed by atoms with Crippen molar-refractivity contribution in [2.24, 2.45) is 0 Å². The Morgan fingerprint density at radius 2 is 2.00 bits per heavy atom. The first-order chi connectivity index (χ1) is 13.3. The molecule has 0 saturated carbocycles. The maximum Gasteiger partial charge on any atom is 0.227 e. The third-order valence-corrected chi connectivity index (χ3v) is 6.01. The second kappa shape index (κ2) is 7.07. The van der Waals surface area contributed by atoms with Crippen LogP contribution in [0, 0.1) is 0 Å². The van der Waals surface area contributed by atoms with E-state index < -0.39 is 0 Å². The lowest BCUT2D eigenvalue weighted by Crippen LogP contribution is -2.48. The van der Waals surface area contributed by atoms with Crippen molar-refractivity contribution in [1.82, 2.24) is 25.0 Å². The highest BCUT2D eigenvalue weighted by Gasteiger charge is 2.37. The van der Waals surface area contributed by atoms with Crippen LogP contribution in [0.3, 0.4) is 0 Å². The summed E-state index contributed by atoms with van der Waals surface area (Å²) in [5.41, 5.74) is 2.17. The van der Waals surface area contributed by atoms with Gasteiger partial charge in [-0.25, -0.2) is 9.67 Å². The van der Waals surface area contributed by atoms with Crippen LogP contribution in [0.15, 0.2) is 12.3 Å². The molecule has 3 aliphatic heterocycles. The minimum Gasteiger partial charge on any atom is -0.370 e. The van der Waals surface area contributed by atoms with Gasteiger partial charge in [0.15, 0.2) is 0 Å². The molecule has 8 heteroatoms. The van der Waals surface area contributed by atoms with E-state index in [-0.39, 0.29) is 12.1 Å². The van der Waals surface area contributed by atoms with E-state index in [1.165, 1.54) is 19.3 Å². The second-order valence-electron chi connectivity index (χ2n) is 7.74. The average molecular weight is 369 g/mol. The van der Waals surface area contributed by atoms with Gasteiger partial charge in [-0.2, -0.15) is 4.98 Å². The van der Waals surface area contributed by atoms with Crippen molar-refractivity contribution in [1.29, 1.82) is 0 Å². The molecule has 0 N–H and O–H groups in total. The first-order valence-electron chi connectivity index (χ1n) is 10.2. The third-order valence-electron chi connectivity index (χ3n) is 6.01. The van der Waals surface area contributed by atoms with Gasteiger partial charge in [0.05, 0.1) is 30.6 Å². The van der Waals surface area contributed by atoms with Gasteiger partial charge in [0.1, 0.15) is 5.82 Å². The fourth-order valence-electron chi connectivity index (χ4n) is 4.44. The molecule has 0 radical (unpaired) electrons. The summed E-state index contributed by atoms with van der Waals surface area (Å²) in [6, 6.07) is 2.35. The quantitative estimate of drug-likeness (QED) is 0.819. The maximum atomic E-state index is 6.05. The first-order valence-corrected chi connectivity index (χ1v) is 10.2. The summed E-state index contributed by atoms with van der Waals surface area (Å²) in [6.07, 6.45) is 7.70. The lowest BCUT2D eigenvalue weighted by Gasteiger charge is -2.41. The molecule has 0 aromatic carbocycles. The molecular weight excluding hydrogens is 342 g/mol. The number of ether oxygens (including phenoxy) is 1. The molecule has 2 aromatic heterocycles. The standard InChI is InChI=1S/C19H27N7O/c1-2-14-10-18(22-19(21-14)24-7-4-3-5-8-24)25-9-6-17-16(12-25)26-15(13-27-17)11-20-23-26/h10-11,16-17H,2-9,12-13H2,1H3/t16-,17-/m1/s1. The zero-order valence-electron chi connectivity index (χ0n) is 15.9. The van der Waals surface area contributed by atoms with Crippen LogP contribution in [0.25, 0.3) is 0 Å². The van der Waals surface area contributed by atoms with E-state index >= 15 is 0 Å². The minimum absolute atomic E-state index is 0.198. The number of rotatable bonds is 3. The Balaban J connectivity index is 1.43. The number of hydrogen-bond acceptors (Lipinski definition) is 7. The Kier molecular flexibility index (Phi) is 4.43. The molecule has 27 heavy (non-hydrogen) atoms. The largest absolute Gasteiger partial charge is 0.370 e. The van der Waals surface area contributed by atoms with Crippen molar-refractivity contribution < 1.29 is 4.74 Å². The van der Waals surface area contributed by atoms with Crippen LogP contribution in [-0.4, -0.2) is 57.2 Å². The number of piperidine rings is 2. The van der Waals surface area contributed by atoms with Crippen molar-refractivity contribution in [2.75, 3.05) is 36.0 Å². The number of anilines is 2. The molecule has 2 fully saturated rings. The Labute approximate surface area is 159 Å². The SMILES string of the molecule is CCc1cc(N2CC[C@H]3OCc4cnnn4[C@@H]3C2)nc(N2CCCCC2)n1. The maximum absolute atomic E-state index is 6.05. The fourth-order valence-corrected chi connectivity index (χ4v) is 4.44. The molecule has 0 bridgehead atoms. The van der Waals surface area contributed by atoms with Gasteiger partial charge in [-0.1, -0.05) is 12.1 Å². The Morgan fingerprint density at radius 1 is 1.11 bits per heavy atom. The van der Waals surface area contributed by atoms with E-state index in [2.05, 4.69) is 33.1 Å². The zero-order valence-corrected chi connectivity index (χ0v) is 15.9. The highest BCUT2D eigenvalue weighted by Crippen LogP contribution is 2.32. The van der Waals surface area contributed by atoms with E-state index in [9.17, 15) is 0 Å². The van der Waals surface area contributed by atoms with E-state index in [4.69, 9.17) is 14.7 Å². The summed E-state index contributed by atoms with van der Waals surface area (Å²) in [6.45, 7) is 6.70. The lowest BCUT2D eigenvalue weighted by atomic mass is 10.0. The van der Waals surface area contributed by atoms with E-state index in [0.717, 1.165) is 62.2 Å². The molecule has 0 amide bonds. The summed E-state index contributed by atoms with van der Waals surface area (Å²) in [4.78, 5) is 14.5. The van der Waals surface area contributed by atoms with Crippen molar-refractivity contribution in [2.45, 2.75) is 57.8 Å². The lowest BCUT2D eigenvalue weighted by molar-refractivity contribution is -0.0373. The van der Waals surface area contributed by atoms with Crippen LogP contribution in [-0.2, 0) is 17.8 Å². The van der Waals surface area contributed by atoms with E-state index in [1.807, 2.05) is 10.9 Å². The van der Waals surface area contributed by atoms with Crippen LogP contribution < -0.4 is 9.80 Å². The highest BCUT2D eigenvalue weighted by atomic mass is 16.5. The number of nitrogens with zero attached hydrogens (tertiary/aromatic N) is 7. The predicted molar refractivity (Wildman–Crippen MR) is 102 cm³/mol. The molecule has 144 valence electrons. The Hall–Kier alpha value is -2.22.